The number of hydrogen-bond donors (Lipinski definition) is 0. The Labute approximate surface area is 77.0 Å². The fourth-order valence-electron chi connectivity index (χ4n) is 0.333. The van der Waals surface area contributed by atoms with Gasteiger partial charge in [-0.25, -0.2) is 8.78 Å². The van der Waals surface area contributed by atoms with Gasteiger partial charge in [-0.3, -0.25) is 4.18 Å². The SMILES string of the molecule is CCC(F)(F)COS(=O)(=O)C(F)(F)F. The molecule has 9 heteroatoms. The van der Waals surface area contributed by atoms with Crippen LogP contribution < -0.4 is 0 Å². The minimum atomic E-state index is -5.92. The average molecular weight is 242 g/mol. The number of rotatable bonds is 4. The lowest BCUT2D eigenvalue weighted by Gasteiger charge is -2.14. The first-order valence-corrected chi connectivity index (χ1v) is 4.76. The van der Waals surface area contributed by atoms with Gasteiger partial charge >= 0.3 is 15.6 Å². The van der Waals surface area contributed by atoms with E-state index in [-0.39, 0.29) is 0 Å². The first kappa shape index (κ1) is 13.6. The van der Waals surface area contributed by atoms with Gasteiger partial charge in [-0.2, -0.15) is 21.6 Å². The van der Waals surface area contributed by atoms with Crippen LogP contribution in [-0.4, -0.2) is 26.5 Å². The Morgan fingerprint density at radius 1 is 1.14 bits per heavy atom. The molecule has 0 aliphatic heterocycles. The summed E-state index contributed by atoms with van der Waals surface area (Å²) in [5.74, 6) is -3.58. The molecule has 0 aliphatic carbocycles. The molecule has 0 saturated carbocycles. The zero-order chi connectivity index (χ0) is 11.6. The first-order valence-electron chi connectivity index (χ1n) is 3.35. The molecular formula is C5H7F5O3S. The van der Waals surface area contributed by atoms with E-state index in [4.69, 9.17) is 0 Å². The maximum Gasteiger partial charge on any atom is 0.523 e. The van der Waals surface area contributed by atoms with Crippen LogP contribution in [0.1, 0.15) is 13.3 Å². The van der Waals surface area contributed by atoms with Crippen LogP contribution in [0.2, 0.25) is 0 Å². The summed E-state index contributed by atoms with van der Waals surface area (Å²) in [6.07, 6.45) is -0.805. The molecule has 14 heavy (non-hydrogen) atoms. The molecule has 0 fully saturated rings. The Kier molecular flexibility index (Phi) is 3.85. The van der Waals surface area contributed by atoms with Crippen LogP contribution in [0.3, 0.4) is 0 Å². The van der Waals surface area contributed by atoms with Crippen LogP contribution >= 0.6 is 0 Å². The second-order valence-corrected chi connectivity index (χ2v) is 3.98. The third kappa shape index (κ3) is 3.74. The Hall–Kier alpha value is -0.440. The monoisotopic (exact) mass is 242 g/mol. The van der Waals surface area contributed by atoms with Crippen molar-refractivity contribution in [3.05, 3.63) is 0 Å². The first-order chi connectivity index (χ1) is 6.02. The van der Waals surface area contributed by atoms with Crippen LogP contribution in [-0.2, 0) is 14.3 Å². The molecular weight excluding hydrogens is 235 g/mol. The highest BCUT2D eigenvalue weighted by Crippen LogP contribution is 2.27. The quantitative estimate of drug-likeness (QED) is 0.429. The zero-order valence-corrected chi connectivity index (χ0v) is 7.75. The molecule has 0 aromatic heterocycles. The lowest BCUT2D eigenvalue weighted by atomic mass is 10.3. The molecule has 0 radical (unpaired) electrons. The molecule has 3 nitrogen and oxygen atoms in total. The predicted molar refractivity (Wildman–Crippen MR) is 36.2 cm³/mol. The van der Waals surface area contributed by atoms with Crippen LogP contribution in [0, 0.1) is 0 Å². The Morgan fingerprint density at radius 2 is 1.57 bits per heavy atom. The predicted octanol–water partition coefficient (Wildman–Crippen LogP) is 1.90. The summed E-state index contributed by atoms with van der Waals surface area (Å²) in [5, 5.41) is 0. The van der Waals surface area contributed by atoms with Crippen molar-refractivity contribution in [2.24, 2.45) is 0 Å². The average Bonchev–Trinajstić information content (AvgIpc) is 1.99. The lowest BCUT2D eigenvalue weighted by Crippen LogP contribution is -2.31. The van der Waals surface area contributed by atoms with Crippen molar-refractivity contribution in [3.8, 4) is 0 Å². The summed E-state index contributed by atoms with van der Waals surface area (Å²) >= 11 is 0. The second kappa shape index (κ2) is 3.97. The molecule has 0 rings (SSSR count). The van der Waals surface area contributed by atoms with Crippen molar-refractivity contribution in [2.45, 2.75) is 24.8 Å². The largest absolute Gasteiger partial charge is 0.523 e. The number of hydrogen-bond acceptors (Lipinski definition) is 3. The van der Waals surface area contributed by atoms with Crippen LogP contribution in [0.5, 0.6) is 0 Å². The topological polar surface area (TPSA) is 43.4 Å². The lowest BCUT2D eigenvalue weighted by molar-refractivity contribution is -0.0729. The molecule has 0 saturated heterocycles. The minimum Gasteiger partial charge on any atom is -0.257 e. The molecule has 0 N–H and O–H groups in total. The molecule has 0 bridgehead atoms. The highest BCUT2D eigenvalue weighted by Gasteiger charge is 2.48. The molecule has 0 unspecified atom stereocenters. The maximum absolute atomic E-state index is 12.3. The van der Waals surface area contributed by atoms with Crippen LogP contribution in [0.15, 0.2) is 0 Å². The van der Waals surface area contributed by atoms with Gasteiger partial charge in [-0.05, 0) is 0 Å². The van der Waals surface area contributed by atoms with E-state index < -0.39 is 34.6 Å². The van der Waals surface area contributed by atoms with E-state index in [0.29, 0.717) is 0 Å². The normalized spacial score (nSPS) is 14.4. The van der Waals surface area contributed by atoms with Gasteiger partial charge < -0.3 is 0 Å². The maximum atomic E-state index is 12.3. The summed E-state index contributed by atoms with van der Waals surface area (Å²) in [5.41, 5.74) is -5.67. The molecule has 0 amide bonds. The summed E-state index contributed by atoms with van der Waals surface area (Å²) in [4.78, 5) is 0. The Bertz CT molecular complexity index is 280. The summed E-state index contributed by atoms with van der Waals surface area (Å²) in [7, 11) is -5.92. The summed E-state index contributed by atoms with van der Waals surface area (Å²) < 4.78 is 82.7. The molecule has 0 aromatic rings. The van der Waals surface area contributed by atoms with E-state index in [1.165, 1.54) is 0 Å². The number of alkyl halides is 5. The van der Waals surface area contributed by atoms with Crippen molar-refractivity contribution < 1.29 is 34.6 Å². The van der Waals surface area contributed by atoms with Gasteiger partial charge in [0.05, 0.1) is 0 Å². The highest BCUT2D eigenvalue weighted by atomic mass is 32.2. The smallest absolute Gasteiger partial charge is 0.257 e. The van der Waals surface area contributed by atoms with Crippen molar-refractivity contribution in [1.29, 1.82) is 0 Å². The third-order valence-electron chi connectivity index (χ3n) is 1.23. The van der Waals surface area contributed by atoms with E-state index in [9.17, 15) is 30.4 Å². The summed E-state index contributed by atoms with van der Waals surface area (Å²) in [6.45, 7) is -0.811. The summed E-state index contributed by atoms with van der Waals surface area (Å²) in [6, 6.07) is 0. The van der Waals surface area contributed by atoms with Crippen LogP contribution in [0.4, 0.5) is 22.0 Å². The number of halogens is 5. The zero-order valence-electron chi connectivity index (χ0n) is 6.94. The van der Waals surface area contributed by atoms with Crippen molar-refractivity contribution in [1.82, 2.24) is 0 Å². The van der Waals surface area contributed by atoms with E-state index >= 15 is 0 Å². The van der Waals surface area contributed by atoms with E-state index in [0.717, 1.165) is 6.92 Å². The van der Waals surface area contributed by atoms with Gasteiger partial charge in [0.15, 0.2) is 0 Å². The van der Waals surface area contributed by atoms with Gasteiger partial charge in [0.2, 0.25) is 0 Å². The fraction of sp³-hybridized carbons (Fsp3) is 1.00. The molecule has 0 aromatic carbocycles. The van der Waals surface area contributed by atoms with E-state index in [2.05, 4.69) is 4.18 Å². The van der Waals surface area contributed by atoms with Gasteiger partial charge in [-0.15, -0.1) is 0 Å². The molecule has 0 heterocycles. The van der Waals surface area contributed by atoms with Crippen molar-refractivity contribution in [2.75, 3.05) is 6.61 Å². The van der Waals surface area contributed by atoms with Crippen molar-refractivity contribution >= 4 is 10.1 Å². The molecule has 0 spiro atoms. The van der Waals surface area contributed by atoms with Gasteiger partial charge in [-0.1, -0.05) is 6.92 Å². The van der Waals surface area contributed by atoms with Crippen molar-refractivity contribution in [3.63, 3.8) is 0 Å². The molecule has 0 aliphatic rings. The Balaban J connectivity index is 4.43. The van der Waals surface area contributed by atoms with E-state index in [1.54, 1.807) is 0 Å². The highest BCUT2D eigenvalue weighted by molar-refractivity contribution is 7.87. The molecule has 86 valence electrons. The van der Waals surface area contributed by atoms with E-state index in [1.807, 2.05) is 0 Å². The van der Waals surface area contributed by atoms with Gasteiger partial charge in [0, 0.05) is 6.42 Å². The Morgan fingerprint density at radius 3 is 1.86 bits per heavy atom. The van der Waals surface area contributed by atoms with Gasteiger partial charge in [0.1, 0.15) is 6.61 Å². The second-order valence-electron chi connectivity index (χ2n) is 2.37. The minimum absolute atomic E-state index is 0.805. The fourth-order valence-corrected chi connectivity index (χ4v) is 0.794. The molecule has 0 atom stereocenters. The third-order valence-corrected chi connectivity index (χ3v) is 2.22. The standard InChI is InChI=1S/C5H7F5O3S/c1-2-4(6,7)3-13-14(11,12)5(8,9)10/h2-3H2,1H3. The van der Waals surface area contributed by atoms with Crippen LogP contribution in [0.25, 0.3) is 0 Å². The van der Waals surface area contributed by atoms with Gasteiger partial charge in [0.25, 0.3) is 5.92 Å².